The summed E-state index contributed by atoms with van der Waals surface area (Å²) in [7, 11) is 0. The minimum Gasteiger partial charge on any atom is -0.264 e. The summed E-state index contributed by atoms with van der Waals surface area (Å²) in [6.07, 6.45) is 5.50. The van der Waals surface area contributed by atoms with E-state index in [1.165, 1.54) is 0 Å². The van der Waals surface area contributed by atoms with Crippen molar-refractivity contribution in [3.8, 4) is 67.7 Å². The van der Waals surface area contributed by atoms with E-state index in [-0.39, 0.29) is 0 Å². The van der Waals surface area contributed by atoms with Crippen LogP contribution in [0.5, 0.6) is 0 Å². The molecule has 0 saturated heterocycles. The Kier molecular flexibility index (Phi) is 6.81. The van der Waals surface area contributed by atoms with Crippen LogP contribution in [0.15, 0.2) is 152 Å². The zero-order valence-corrected chi connectivity index (χ0v) is 22.7. The van der Waals surface area contributed by atoms with Gasteiger partial charge in [0.25, 0.3) is 0 Å². The number of pyridine rings is 2. The molecule has 3 heterocycles. The molecular formula is C37H25N5. The first kappa shape index (κ1) is 25.2. The summed E-state index contributed by atoms with van der Waals surface area (Å²) in [5, 5.41) is 0. The highest BCUT2D eigenvalue weighted by Gasteiger charge is 2.15. The lowest BCUT2D eigenvalue weighted by molar-refractivity contribution is 1.07. The zero-order valence-electron chi connectivity index (χ0n) is 22.7. The highest BCUT2D eigenvalue weighted by Crippen LogP contribution is 2.33. The Morgan fingerprint density at radius 2 is 0.833 bits per heavy atom. The lowest BCUT2D eigenvalue weighted by Gasteiger charge is -2.12. The van der Waals surface area contributed by atoms with Crippen molar-refractivity contribution in [1.82, 2.24) is 24.9 Å². The van der Waals surface area contributed by atoms with E-state index in [0.717, 1.165) is 50.2 Å². The largest absolute Gasteiger partial charge is 0.264 e. The number of benzene rings is 4. The van der Waals surface area contributed by atoms with Crippen LogP contribution in [0.4, 0.5) is 0 Å². The third kappa shape index (κ3) is 5.31. The first-order valence-electron chi connectivity index (χ1n) is 13.7. The third-order valence-electron chi connectivity index (χ3n) is 7.05. The van der Waals surface area contributed by atoms with Crippen LogP contribution < -0.4 is 0 Å². The number of rotatable bonds is 6. The average Bonchev–Trinajstić information content (AvgIpc) is 3.09. The van der Waals surface area contributed by atoms with Gasteiger partial charge < -0.3 is 0 Å². The van der Waals surface area contributed by atoms with Gasteiger partial charge in [-0.25, -0.2) is 15.0 Å². The Morgan fingerprint density at radius 1 is 0.333 bits per heavy atom. The molecule has 0 spiro atoms. The fourth-order valence-corrected chi connectivity index (χ4v) is 4.91. The molecule has 0 unspecified atom stereocenters. The van der Waals surface area contributed by atoms with Crippen molar-refractivity contribution in [2.24, 2.45) is 0 Å². The number of hydrogen-bond donors (Lipinski definition) is 0. The van der Waals surface area contributed by atoms with Crippen molar-refractivity contribution >= 4 is 0 Å². The molecule has 3 aromatic heterocycles. The molecule has 0 N–H and O–H groups in total. The molecule has 0 radical (unpaired) electrons. The Bertz CT molecular complexity index is 1880. The highest BCUT2D eigenvalue weighted by molar-refractivity contribution is 5.80. The Labute approximate surface area is 244 Å². The molecule has 5 nitrogen and oxygen atoms in total. The van der Waals surface area contributed by atoms with E-state index in [4.69, 9.17) is 19.9 Å². The third-order valence-corrected chi connectivity index (χ3v) is 7.05. The van der Waals surface area contributed by atoms with Crippen molar-refractivity contribution < 1.29 is 0 Å². The summed E-state index contributed by atoms with van der Waals surface area (Å²) in [4.78, 5) is 23.8. The monoisotopic (exact) mass is 539 g/mol. The molecule has 0 amide bonds. The van der Waals surface area contributed by atoms with Crippen LogP contribution in [0, 0.1) is 0 Å². The van der Waals surface area contributed by atoms with Crippen LogP contribution in [-0.4, -0.2) is 24.9 Å². The van der Waals surface area contributed by atoms with E-state index in [2.05, 4.69) is 53.5 Å². The molecule has 0 fully saturated rings. The van der Waals surface area contributed by atoms with Gasteiger partial charge in [0.1, 0.15) is 0 Å². The molecule has 0 saturated carbocycles. The van der Waals surface area contributed by atoms with Crippen molar-refractivity contribution in [3.63, 3.8) is 0 Å². The summed E-state index contributed by atoms with van der Waals surface area (Å²) in [5.41, 5.74) is 8.85. The van der Waals surface area contributed by atoms with Gasteiger partial charge in [0.2, 0.25) is 0 Å². The maximum absolute atomic E-state index is 4.98. The highest BCUT2D eigenvalue weighted by atomic mass is 15.0. The molecule has 0 aliphatic carbocycles. The Hall–Kier alpha value is -5.81. The second-order valence-corrected chi connectivity index (χ2v) is 9.88. The topological polar surface area (TPSA) is 64.5 Å². The minimum atomic E-state index is 0.613. The second-order valence-electron chi connectivity index (χ2n) is 9.88. The van der Waals surface area contributed by atoms with Crippen LogP contribution in [0.2, 0.25) is 0 Å². The molecule has 7 rings (SSSR count). The van der Waals surface area contributed by atoms with Crippen LogP contribution in [0.3, 0.4) is 0 Å². The normalized spacial score (nSPS) is 10.9. The van der Waals surface area contributed by atoms with Gasteiger partial charge in [0.05, 0.1) is 5.69 Å². The van der Waals surface area contributed by atoms with Gasteiger partial charge in [-0.15, -0.1) is 0 Å². The molecule has 0 bridgehead atoms. The quantitative estimate of drug-likeness (QED) is 0.212. The molecule has 0 aliphatic heterocycles. The smallest absolute Gasteiger partial charge is 0.164 e. The molecule has 5 heteroatoms. The number of aromatic nitrogens is 5. The summed E-state index contributed by atoms with van der Waals surface area (Å²) < 4.78 is 0. The first-order valence-corrected chi connectivity index (χ1v) is 13.7. The van der Waals surface area contributed by atoms with Gasteiger partial charge in [-0.2, -0.15) is 0 Å². The van der Waals surface area contributed by atoms with Gasteiger partial charge in [-0.05, 0) is 53.1 Å². The first-order chi connectivity index (χ1) is 20.8. The van der Waals surface area contributed by atoms with Crippen LogP contribution in [0.1, 0.15) is 0 Å². The predicted molar refractivity (Wildman–Crippen MR) is 168 cm³/mol. The maximum Gasteiger partial charge on any atom is 0.164 e. The fourth-order valence-electron chi connectivity index (χ4n) is 4.91. The van der Waals surface area contributed by atoms with E-state index in [1.807, 2.05) is 97.3 Å². The van der Waals surface area contributed by atoms with Gasteiger partial charge in [-0.1, -0.05) is 97.1 Å². The van der Waals surface area contributed by atoms with Crippen molar-refractivity contribution in [3.05, 3.63) is 152 Å². The van der Waals surface area contributed by atoms with Crippen molar-refractivity contribution in [2.75, 3.05) is 0 Å². The van der Waals surface area contributed by atoms with E-state index >= 15 is 0 Å². The molecule has 198 valence electrons. The predicted octanol–water partition coefficient (Wildman–Crippen LogP) is 8.66. The summed E-state index contributed by atoms with van der Waals surface area (Å²) >= 11 is 0. The standard InChI is InChI=1S/C37H25N5/c1-4-11-26(12-5-1)31-21-32(29-18-19-34(39-25-29)30-17-10-20-38-24-30)23-33(22-31)37-41-35(27-13-6-2-7-14-27)40-36(42-37)28-15-8-3-9-16-28/h1-25H. The Morgan fingerprint density at radius 3 is 1.36 bits per heavy atom. The average molecular weight is 540 g/mol. The molecule has 0 aliphatic rings. The van der Waals surface area contributed by atoms with Crippen LogP contribution in [-0.2, 0) is 0 Å². The second kappa shape index (κ2) is 11.4. The van der Waals surface area contributed by atoms with Gasteiger partial charge >= 0.3 is 0 Å². The van der Waals surface area contributed by atoms with E-state index in [9.17, 15) is 0 Å². The lowest BCUT2D eigenvalue weighted by Crippen LogP contribution is -2.00. The Balaban J connectivity index is 1.39. The molecule has 42 heavy (non-hydrogen) atoms. The minimum absolute atomic E-state index is 0.613. The van der Waals surface area contributed by atoms with Crippen molar-refractivity contribution in [1.29, 1.82) is 0 Å². The summed E-state index contributed by atoms with van der Waals surface area (Å²) in [6, 6.07) is 45.0. The van der Waals surface area contributed by atoms with Gasteiger partial charge in [0.15, 0.2) is 17.5 Å². The van der Waals surface area contributed by atoms with Gasteiger partial charge in [-0.3, -0.25) is 9.97 Å². The van der Waals surface area contributed by atoms with Gasteiger partial charge in [0, 0.05) is 46.4 Å². The van der Waals surface area contributed by atoms with E-state index in [0.29, 0.717) is 17.5 Å². The maximum atomic E-state index is 4.98. The molecular weight excluding hydrogens is 514 g/mol. The van der Waals surface area contributed by atoms with E-state index < -0.39 is 0 Å². The van der Waals surface area contributed by atoms with E-state index in [1.54, 1.807) is 6.20 Å². The zero-order chi connectivity index (χ0) is 28.1. The summed E-state index contributed by atoms with van der Waals surface area (Å²) in [5.74, 6) is 1.88. The molecule has 4 aromatic carbocycles. The lowest BCUT2D eigenvalue weighted by atomic mass is 9.96. The molecule has 0 atom stereocenters. The number of nitrogens with zero attached hydrogens (tertiary/aromatic N) is 5. The molecule has 7 aromatic rings. The van der Waals surface area contributed by atoms with Crippen molar-refractivity contribution in [2.45, 2.75) is 0 Å². The summed E-state index contributed by atoms with van der Waals surface area (Å²) in [6.45, 7) is 0. The fraction of sp³-hybridized carbons (Fsp3) is 0. The number of hydrogen-bond acceptors (Lipinski definition) is 5. The van der Waals surface area contributed by atoms with Crippen LogP contribution in [0.25, 0.3) is 67.7 Å². The SMILES string of the molecule is c1ccc(-c2cc(-c3ccc(-c4cccnc4)nc3)cc(-c3nc(-c4ccccc4)nc(-c4ccccc4)n3)c2)cc1. The van der Waals surface area contributed by atoms with Crippen LogP contribution >= 0.6 is 0 Å².